The quantitative estimate of drug-likeness (QED) is 0.684. The first kappa shape index (κ1) is 8.90. The Kier molecular flexibility index (Phi) is 2.58. The molecule has 4 heteroatoms. The number of aryl methyl sites for hydroxylation is 1. The van der Waals surface area contributed by atoms with Crippen LogP contribution in [0, 0.1) is 13.8 Å². The number of aromatic nitrogens is 1. The van der Waals surface area contributed by atoms with E-state index in [-0.39, 0.29) is 5.88 Å². The molecule has 0 aliphatic rings. The lowest BCUT2D eigenvalue weighted by molar-refractivity contribution is -0.0533. The van der Waals surface area contributed by atoms with Crippen LogP contribution < -0.4 is 4.74 Å². The molecular weight excluding hydrogens is 164 g/mol. The van der Waals surface area contributed by atoms with Crippen LogP contribution in [0.5, 0.6) is 5.88 Å². The van der Waals surface area contributed by atoms with E-state index in [4.69, 9.17) is 0 Å². The van der Waals surface area contributed by atoms with Gasteiger partial charge in [0.2, 0.25) is 5.88 Å². The number of hydrogen-bond acceptors (Lipinski definition) is 2. The van der Waals surface area contributed by atoms with Crippen molar-refractivity contribution < 1.29 is 13.5 Å². The summed E-state index contributed by atoms with van der Waals surface area (Å²) in [6.45, 7) is 0.702. The zero-order valence-electron chi connectivity index (χ0n) is 6.84. The number of hydrogen-bond donors (Lipinski definition) is 0. The van der Waals surface area contributed by atoms with Crippen molar-refractivity contribution in [2.24, 2.45) is 0 Å². The van der Waals surface area contributed by atoms with Gasteiger partial charge in [-0.1, -0.05) is 0 Å². The maximum atomic E-state index is 11.8. The van der Waals surface area contributed by atoms with Gasteiger partial charge in [0.15, 0.2) is 0 Å². The summed E-state index contributed by atoms with van der Waals surface area (Å²) < 4.78 is 27.7. The second-order valence-electron chi connectivity index (χ2n) is 2.44. The van der Waals surface area contributed by atoms with Crippen LogP contribution in [-0.2, 0) is 0 Å². The molecule has 0 N–H and O–H groups in total. The van der Waals surface area contributed by atoms with E-state index >= 15 is 0 Å². The largest absolute Gasteiger partial charge is 0.417 e. The Hall–Kier alpha value is -1.19. The predicted octanol–water partition coefficient (Wildman–Crippen LogP) is 2.30. The van der Waals surface area contributed by atoms with Gasteiger partial charge in [-0.05, 0) is 25.5 Å². The zero-order chi connectivity index (χ0) is 9.14. The monoisotopic (exact) mass is 173 g/mol. The van der Waals surface area contributed by atoms with E-state index in [0.717, 1.165) is 5.56 Å². The topological polar surface area (TPSA) is 22.1 Å². The minimum absolute atomic E-state index is 0.00463. The van der Waals surface area contributed by atoms with Crippen molar-refractivity contribution in [1.82, 2.24) is 4.98 Å². The molecule has 1 rings (SSSR count). The van der Waals surface area contributed by atoms with E-state index in [2.05, 4.69) is 9.72 Å². The molecule has 12 heavy (non-hydrogen) atoms. The lowest BCUT2D eigenvalue weighted by Gasteiger charge is -2.07. The highest BCUT2D eigenvalue weighted by Gasteiger charge is 2.08. The average Bonchev–Trinajstić information content (AvgIpc) is 1.98. The third-order valence-electron chi connectivity index (χ3n) is 1.63. The van der Waals surface area contributed by atoms with Crippen molar-refractivity contribution in [3.05, 3.63) is 23.4 Å². The van der Waals surface area contributed by atoms with Gasteiger partial charge in [0.1, 0.15) is 0 Å². The summed E-state index contributed by atoms with van der Waals surface area (Å²) in [5, 5.41) is 0. The molecule has 66 valence electrons. The summed E-state index contributed by atoms with van der Waals surface area (Å²) in [5.41, 5.74) is 1.54. The number of rotatable bonds is 2. The smallest absolute Gasteiger partial charge is 0.388 e. The minimum atomic E-state index is -2.81. The Morgan fingerprint density at radius 1 is 1.42 bits per heavy atom. The third kappa shape index (κ3) is 1.90. The molecule has 0 amide bonds. The number of pyridine rings is 1. The van der Waals surface area contributed by atoms with Crippen LogP contribution in [0.25, 0.3) is 0 Å². The molecule has 0 unspecified atom stereocenters. The molecule has 1 heterocycles. The highest BCUT2D eigenvalue weighted by molar-refractivity contribution is 5.31. The first-order valence-corrected chi connectivity index (χ1v) is 3.48. The van der Waals surface area contributed by atoms with Gasteiger partial charge in [0, 0.05) is 11.8 Å². The first-order valence-electron chi connectivity index (χ1n) is 3.48. The van der Waals surface area contributed by atoms with E-state index in [9.17, 15) is 8.78 Å². The Balaban J connectivity index is 2.92. The number of alkyl halides is 2. The van der Waals surface area contributed by atoms with Crippen molar-refractivity contribution in [3.8, 4) is 5.88 Å². The van der Waals surface area contributed by atoms with Crippen LogP contribution in [0.2, 0.25) is 0 Å². The average molecular weight is 173 g/mol. The summed E-state index contributed by atoms with van der Waals surface area (Å²) in [6.07, 6.45) is 1.44. The number of halogens is 2. The number of nitrogens with zero attached hydrogens (tertiary/aromatic N) is 1. The molecule has 0 saturated carbocycles. The fraction of sp³-hybridized carbons (Fsp3) is 0.375. The molecule has 2 nitrogen and oxygen atoms in total. The van der Waals surface area contributed by atoms with Crippen LogP contribution in [0.1, 0.15) is 11.1 Å². The van der Waals surface area contributed by atoms with Gasteiger partial charge in [-0.15, -0.1) is 0 Å². The second-order valence-corrected chi connectivity index (χ2v) is 2.44. The fourth-order valence-electron chi connectivity index (χ4n) is 0.810. The van der Waals surface area contributed by atoms with Crippen LogP contribution >= 0.6 is 0 Å². The first-order chi connectivity index (χ1) is 5.61. The second kappa shape index (κ2) is 3.47. The van der Waals surface area contributed by atoms with Gasteiger partial charge in [-0.2, -0.15) is 8.78 Å². The maximum Gasteiger partial charge on any atom is 0.388 e. The van der Waals surface area contributed by atoms with Crippen molar-refractivity contribution >= 4 is 0 Å². The molecule has 0 atom stereocenters. The van der Waals surface area contributed by atoms with E-state index in [1.807, 2.05) is 6.92 Å². The highest BCUT2D eigenvalue weighted by atomic mass is 19.3. The summed E-state index contributed by atoms with van der Waals surface area (Å²) in [7, 11) is 0. The van der Waals surface area contributed by atoms with Crippen molar-refractivity contribution in [2.45, 2.75) is 20.5 Å². The van der Waals surface area contributed by atoms with E-state index < -0.39 is 6.61 Å². The molecule has 0 bridgehead atoms. The molecule has 0 aliphatic carbocycles. The molecule has 1 aromatic heterocycles. The molecule has 0 spiro atoms. The van der Waals surface area contributed by atoms with Crippen LogP contribution in [0.4, 0.5) is 8.78 Å². The standard InChI is InChI=1S/C8H9F2NO/c1-5-3-4-11-7(6(5)2)12-8(9)10/h3-4,8H,1-2H3. The summed E-state index contributed by atoms with van der Waals surface area (Å²) in [4.78, 5) is 3.68. The molecule has 0 saturated heterocycles. The van der Waals surface area contributed by atoms with E-state index in [1.54, 1.807) is 13.0 Å². The van der Waals surface area contributed by atoms with Gasteiger partial charge in [-0.3, -0.25) is 0 Å². The molecule has 0 aliphatic heterocycles. The van der Waals surface area contributed by atoms with Crippen LogP contribution in [-0.4, -0.2) is 11.6 Å². The maximum absolute atomic E-state index is 11.8. The molecule has 0 aromatic carbocycles. The molecular formula is C8H9F2NO. The van der Waals surface area contributed by atoms with Crippen LogP contribution in [0.15, 0.2) is 12.3 Å². The molecule has 0 fully saturated rings. The molecule has 1 aromatic rings. The van der Waals surface area contributed by atoms with Crippen molar-refractivity contribution in [2.75, 3.05) is 0 Å². The predicted molar refractivity (Wildman–Crippen MR) is 40.3 cm³/mol. The Morgan fingerprint density at radius 3 is 2.67 bits per heavy atom. The number of ether oxygens (including phenoxy) is 1. The van der Waals surface area contributed by atoms with E-state index in [0.29, 0.717) is 5.56 Å². The van der Waals surface area contributed by atoms with Gasteiger partial charge < -0.3 is 4.74 Å². The van der Waals surface area contributed by atoms with Gasteiger partial charge in [0.25, 0.3) is 0 Å². The summed E-state index contributed by atoms with van der Waals surface area (Å²) in [5.74, 6) is 0.00463. The fourth-order valence-corrected chi connectivity index (χ4v) is 0.810. The van der Waals surface area contributed by atoms with Gasteiger partial charge in [0.05, 0.1) is 0 Å². The zero-order valence-corrected chi connectivity index (χ0v) is 6.84. The lowest BCUT2D eigenvalue weighted by Crippen LogP contribution is -2.05. The summed E-state index contributed by atoms with van der Waals surface area (Å²) in [6, 6.07) is 1.74. The normalized spacial score (nSPS) is 10.4. The van der Waals surface area contributed by atoms with E-state index in [1.165, 1.54) is 6.20 Å². The van der Waals surface area contributed by atoms with Crippen LogP contribution in [0.3, 0.4) is 0 Å². The highest BCUT2D eigenvalue weighted by Crippen LogP contribution is 2.18. The SMILES string of the molecule is Cc1ccnc(OC(F)F)c1C. The lowest BCUT2D eigenvalue weighted by atomic mass is 10.2. The Labute approximate surface area is 69.2 Å². The Morgan fingerprint density at radius 2 is 2.08 bits per heavy atom. The third-order valence-corrected chi connectivity index (χ3v) is 1.63. The van der Waals surface area contributed by atoms with Crippen molar-refractivity contribution in [1.29, 1.82) is 0 Å². The van der Waals surface area contributed by atoms with Crippen molar-refractivity contribution in [3.63, 3.8) is 0 Å². The summed E-state index contributed by atoms with van der Waals surface area (Å²) >= 11 is 0. The van der Waals surface area contributed by atoms with Gasteiger partial charge >= 0.3 is 6.61 Å². The van der Waals surface area contributed by atoms with Gasteiger partial charge in [-0.25, -0.2) is 4.98 Å². The Bertz CT molecular complexity index is 276. The molecule has 0 radical (unpaired) electrons. The minimum Gasteiger partial charge on any atom is -0.417 e.